The number of ether oxygens (including phenoxy) is 1. The number of fused-ring (bicyclic) bond motifs is 1. The highest BCUT2D eigenvalue weighted by Crippen LogP contribution is 2.32. The first-order chi connectivity index (χ1) is 14.4. The second-order valence-electron chi connectivity index (χ2n) is 7.22. The van der Waals surface area contributed by atoms with Crippen molar-refractivity contribution in [2.24, 2.45) is 7.05 Å². The van der Waals surface area contributed by atoms with Crippen molar-refractivity contribution in [3.8, 4) is 11.4 Å². The molecule has 2 amide bonds. The molecule has 154 valence electrons. The standard InChI is InChI=1S/C22H22N4O4/c1-14-9-10-18-17(11-14)25(20(28)13-30-18)12-19(27)23-21-15(2)24(3)26(22(21)29)16-7-5-4-6-8-16/h4-11H,12-13H2,1-3H3,(H,23,27). The predicted octanol–water partition coefficient (Wildman–Crippen LogP) is 2.16. The lowest BCUT2D eigenvalue weighted by atomic mass is 10.1. The lowest BCUT2D eigenvalue weighted by Gasteiger charge is -2.29. The topological polar surface area (TPSA) is 85.6 Å². The van der Waals surface area contributed by atoms with Gasteiger partial charge in [-0.3, -0.25) is 24.0 Å². The molecular formula is C22H22N4O4. The van der Waals surface area contributed by atoms with Crippen LogP contribution >= 0.6 is 0 Å². The Morgan fingerprint density at radius 3 is 2.57 bits per heavy atom. The van der Waals surface area contributed by atoms with E-state index in [1.807, 2.05) is 43.3 Å². The molecule has 2 heterocycles. The van der Waals surface area contributed by atoms with Crippen molar-refractivity contribution >= 4 is 23.2 Å². The number of amides is 2. The molecule has 0 fully saturated rings. The van der Waals surface area contributed by atoms with Crippen LogP contribution in [0.2, 0.25) is 0 Å². The van der Waals surface area contributed by atoms with Gasteiger partial charge in [-0.25, -0.2) is 4.68 Å². The number of nitrogens with zero attached hydrogens (tertiary/aromatic N) is 3. The minimum atomic E-state index is -0.455. The summed E-state index contributed by atoms with van der Waals surface area (Å²) in [5.74, 6) is -0.214. The Bertz CT molecular complexity index is 1190. The van der Waals surface area contributed by atoms with Crippen LogP contribution in [-0.2, 0) is 16.6 Å². The van der Waals surface area contributed by atoms with Gasteiger partial charge in [0.2, 0.25) is 5.91 Å². The quantitative estimate of drug-likeness (QED) is 0.720. The highest BCUT2D eigenvalue weighted by Gasteiger charge is 2.28. The summed E-state index contributed by atoms with van der Waals surface area (Å²) in [5.41, 5.74) is 2.66. The zero-order valence-electron chi connectivity index (χ0n) is 17.0. The highest BCUT2D eigenvalue weighted by atomic mass is 16.5. The van der Waals surface area contributed by atoms with Gasteiger partial charge in [-0.15, -0.1) is 0 Å². The molecule has 30 heavy (non-hydrogen) atoms. The first-order valence-electron chi connectivity index (χ1n) is 9.54. The van der Waals surface area contributed by atoms with Crippen molar-refractivity contribution in [3.63, 3.8) is 0 Å². The number of para-hydroxylation sites is 1. The molecule has 0 aliphatic carbocycles. The molecule has 0 saturated carbocycles. The van der Waals surface area contributed by atoms with Crippen LogP contribution in [0.15, 0.2) is 53.3 Å². The monoisotopic (exact) mass is 406 g/mol. The summed E-state index contributed by atoms with van der Waals surface area (Å²) < 4.78 is 8.62. The molecule has 0 unspecified atom stereocenters. The molecule has 1 aromatic heterocycles. The van der Waals surface area contributed by atoms with Gasteiger partial charge in [0.05, 0.1) is 17.1 Å². The molecule has 0 radical (unpaired) electrons. The highest BCUT2D eigenvalue weighted by molar-refractivity contribution is 6.05. The molecular weight excluding hydrogens is 384 g/mol. The fraction of sp³-hybridized carbons (Fsp3) is 0.227. The molecule has 0 spiro atoms. The molecule has 0 saturated heterocycles. The van der Waals surface area contributed by atoms with Gasteiger partial charge in [0.15, 0.2) is 6.61 Å². The van der Waals surface area contributed by atoms with Gasteiger partial charge in [0, 0.05) is 7.05 Å². The number of rotatable bonds is 4. The summed E-state index contributed by atoms with van der Waals surface area (Å²) >= 11 is 0. The lowest BCUT2D eigenvalue weighted by molar-refractivity contribution is -0.123. The van der Waals surface area contributed by atoms with Crippen molar-refractivity contribution in [1.82, 2.24) is 9.36 Å². The summed E-state index contributed by atoms with van der Waals surface area (Å²) in [4.78, 5) is 39.5. The van der Waals surface area contributed by atoms with Crippen LogP contribution in [0.5, 0.6) is 5.75 Å². The Balaban J connectivity index is 1.61. The SMILES string of the molecule is Cc1ccc2c(c1)N(CC(=O)Nc1c(C)n(C)n(-c3ccccc3)c1=O)C(=O)CO2. The summed E-state index contributed by atoms with van der Waals surface area (Å²) in [6.07, 6.45) is 0. The number of anilines is 2. The van der Waals surface area contributed by atoms with Crippen molar-refractivity contribution in [3.05, 3.63) is 70.1 Å². The number of hydrogen-bond acceptors (Lipinski definition) is 4. The summed E-state index contributed by atoms with van der Waals surface area (Å²) in [7, 11) is 1.75. The number of hydrogen-bond donors (Lipinski definition) is 1. The maximum atomic E-state index is 13.0. The molecule has 8 heteroatoms. The first-order valence-corrected chi connectivity index (χ1v) is 9.54. The van der Waals surface area contributed by atoms with E-state index in [0.29, 0.717) is 22.8 Å². The minimum Gasteiger partial charge on any atom is -0.482 e. The van der Waals surface area contributed by atoms with Gasteiger partial charge in [-0.2, -0.15) is 0 Å². The van der Waals surface area contributed by atoms with Crippen molar-refractivity contribution < 1.29 is 14.3 Å². The third-order valence-corrected chi connectivity index (χ3v) is 5.18. The molecule has 1 aliphatic rings. The average Bonchev–Trinajstić information content (AvgIpc) is 2.94. The number of aryl methyl sites for hydroxylation is 1. The van der Waals surface area contributed by atoms with E-state index >= 15 is 0 Å². The largest absolute Gasteiger partial charge is 0.482 e. The third kappa shape index (κ3) is 3.36. The molecule has 0 bridgehead atoms. The Morgan fingerprint density at radius 2 is 1.83 bits per heavy atom. The van der Waals surface area contributed by atoms with Gasteiger partial charge in [-0.1, -0.05) is 24.3 Å². The van der Waals surface area contributed by atoms with Crippen LogP contribution in [0.4, 0.5) is 11.4 Å². The predicted molar refractivity (Wildman–Crippen MR) is 113 cm³/mol. The summed E-state index contributed by atoms with van der Waals surface area (Å²) in [5, 5.41) is 2.69. The number of carbonyl (C=O) groups is 2. The first kappa shape index (κ1) is 19.5. The maximum Gasteiger partial charge on any atom is 0.295 e. The van der Waals surface area contributed by atoms with E-state index in [9.17, 15) is 14.4 Å². The van der Waals surface area contributed by atoms with E-state index in [2.05, 4.69) is 5.32 Å². The van der Waals surface area contributed by atoms with Gasteiger partial charge in [-0.05, 0) is 43.7 Å². The maximum absolute atomic E-state index is 13.0. The van der Waals surface area contributed by atoms with Crippen molar-refractivity contribution in [2.75, 3.05) is 23.4 Å². The van der Waals surface area contributed by atoms with Gasteiger partial charge in [0.1, 0.15) is 18.0 Å². The van der Waals surface area contributed by atoms with E-state index in [-0.39, 0.29) is 30.3 Å². The van der Waals surface area contributed by atoms with E-state index in [4.69, 9.17) is 4.74 Å². The van der Waals surface area contributed by atoms with E-state index in [1.54, 1.807) is 30.8 Å². The zero-order chi connectivity index (χ0) is 21.4. The minimum absolute atomic E-state index is 0.130. The second kappa shape index (κ2) is 7.55. The lowest BCUT2D eigenvalue weighted by Crippen LogP contribution is -2.43. The van der Waals surface area contributed by atoms with E-state index in [1.165, 1.54) is 9.58 Å². The zero-order valence-corrected chi connectivity index (χ0v) is 17.0. The van der Waals surface area contributed by atoms with E-state index in [0.717, 1.165) is 5.56 Å². The van der Waals surface area contributed by atoms with Gasteiger partial charge in [0.25, 0.3) is 11.5 Å². The Labute approximate surface area is 173 Å². The summed E-state index contributed by atoms with van der Waals surface area (Å²) in [6.45, 7) is 3.32. The number of carbonyl (C=O) groups excluding carboxylic acids is 2. The molecule has 3 aromatic rings. The van der Waals surface area contributed by atoms with Gasteiger partial charge >= 0.3 is 0 Å². The number of nitrogens with one attached hydrogen (secondary N) is 1. The molecule has 0 atom stereocenters. The van der Waals surface area contributed by atoms with Crippen LogP contribution in [-0.4, -0.2) is 34.3 Å². The van der Waals surface area contributed by atoms with Crippen LogP contribution in [0.25, 0.3) is 5.69 Å². The van der Waals surface area contributed by atoms with Gasteiger partial charge < -0.3 is 10.1 Å². The normalized spacial score (nSPS) is 13.0. The Morgan fingerprint density at radius 1 is 1.10 bits per heavy atom. The van der Waals surface area contributed by atoms with Crippen LogP contribution < -0.4 is 20.5 Å². The fourth-order valence-corrected chi connectivity index (χ4v) is 3.52. The Kier molecular flexibility index (Phi) is 4.91. The molecule has 2 aromatic carbocycles. The van der Waals surface area contributed by atoms with Crippen LogP contribution in [0.3, 0.4) is 0 Å². The summed E-state index contributed by atoms with van der Waals surface area (Å²) in [6, 6.07) is 14.6. The van der Waals surface area contributed by atoms with Crippen molar-refractivity contribution in [1.29, 1.82) is 0 Å². The van der Waals surface area contributed by atoms with Crippen LogP contribution in [0.1, 0.15) is 11.3 Å². The molecule has 1 aliphatic heterocycles. The second-order valence-corrected chi connectivity index (χ2v) is 7.22. The van der Waals surface area contributed by atoms with Crippen molar-refractivity contribution in [2.45, 2.75) is 13.8 Å². The number of aromatic nitrogens is 2. The smallest absolute Gasteiger partial charge is 0.295 e. The molecule has 4 rings (SSSR count). The molecule has 1 N–H and O–H groups in total. The number of benzene rings is 2. The third-order valence-electron chi connectivity index (χ3n) is 5.18. The average molecular weight is 406 g/mol. The van der Waals surface area contributed by atoms with Crippen LogP contribution in [0, 0.1) is 13.8 Å². The van der Waals surface area contributed by atoms with E-state index < -0.39 is 5.91 Å². The fourth-order valence-electron chi connectivity index (χ4n) is 3.52. The Hall–Kier alpha value is -3.81. The molecule has 8 nitrogen and oxygen atoms in total.